The average Bonchev–Trinajstić information content (AvgIpc) is 2.76. The first-order chi connectivity index (χ1) is 14.6. The van der Waals surface area contributed by atoms with Gasteiger partial charge >= 0.3 is 5.97 Å². The zero-order valence-electron chi connectivity index (χ0n) is 17.8. The predicted octanol–water partition coefficient (Wildman–Crippen LogP) is 3.44. The van der Waals surface area contributed by atoms with E-state index in [-0.39, 0.29) is 15.5 Å². The molecule has 0 aliphatic heterocycles. The number of hydroxylamine groups is 1. The molecule has 10 heteroatoms. The molecule has 2 aromatic rings. The summed E-state index contributed by atoms with van der Waals surface area (Å²) >= 11 is 5.98. The van der Waals surface area contributed by atoms with Gasteiger partial charge in [-0.05, 0) is 42.2 Å². The summed E-state index contributed by atoms with van der Waals surface area (Å²) in [5.74, 6) is -1.35. The number of nitrogens with one attached hydrogen (secondary N) is 1. The minimum Gasteiger partial charge on any atom is -0.452 e. The summed E-state index contributed by atoms with van der Waals surface area (Å²) in [7, 11) is -1.69. The van der Waals surface area contributed by atoms with Crippen molar-refractivity contribution < 1.29 is 27.6 Å². The second-order valence-corrected chi connectivity index (χ2v) is 8.84. The molecule has 0 aromatic heterocycles. The molecule has 0 heterocycles. The van der Waals surface area contributed by atoms with Crippen LogP contribution < -0.4 is 5.32 Å². The highest BCUT2D eigenvalue weighted by molar-refractivity contribution is 7.89. The Morgan fingerprint density at radius 2 is 1.71 bits per heavy atom. The highest BCUT2D eigenvalue weighted by Crippen LogP contribution is 2.26. The van der Waals surface area contributed by atoms with Gasteiger partial charge in [0.2, 0.25) is 0 Å². The van der Waals surface area contributed by atoms with Crippen LogP contribution in [-0.2, 0) is 37.2 Å². The van der Waals surface area contributed by atoms with Gasteiger partial charge in [0.15, 0.2) is 6.61 Å². The Labute approximate surface area is 187 Å². The van der Waals surface area contributed by atoms with Gasteiger partial charge in [0.1, 0.15) is 4.90 Å². The van der Waals surface area contributed by atoms with Crippen LogP contribution in [0.3, 0.4) is 0 Å². The van der Waals surface area contributed by atoms with Crippen molar-refractivity contribution in [2.75, 3.05) is 26.1 Å². The Balaban J connectivity index is 2.14. The van der Waals surface area contributed by atoms with E-state index in [0.29, 0.717) is 4.47 Å². The number of hydrogen-bond donors (Lipinski definition) is 1. The molecule has 31 heavy (non-hydrogen) atoms. The number of benzene rings is 2. The number of sulfonamides is 1. The molecule has 1 amide bonds. The molecule has 0 fully saturated rings. The van der Waals surface area contributed by atoms with E-state index in [9.17, 15) is 18.0 Å². The van der Waals surface area contributed by atoms with Crippen molar-refractivity contribution in [2.45, 2.75) is 31.6 Å². The maximum absolute atomic E-state index is 12.4. The number of carbonyl (C=O) groups is 2. The number of ether oxygens (including phenoxy) is 1. The molecule has 168 valence electrons. The van der Waals surface area contributed by atoms with Gasteiger partial charge in [0.05, 0.1) is 17.7 Å². The first-order valence-corrected chi connectivity index (χ1v) is 11.4. The molecule has 0 spiro atoms. The van der Waals surface area contributed by atoms with Crippen LogP contribution in [-0.4, -0.2) is 45.5 Å². The third kappa shape index (κ3) is 5.82. The fourth-order valence-electron chi connectivity index (χ4n) is 2.86. The zero-order chi connectivity index (χ0) is 23.2. The maximum Gasteiger partial charge on any atom is 0.338 e. The van der Waals surface area contributed by atoms with E-state index in [0.717, 1.165) is 35.7 Å². The number of halogens is 1. The van der Waals surface area contributed by atoms with Gasteiger partial charge in [-0.3, -0.25) is 9.63 Å². The third-order valence-corrected chi connectivity index (χ3v) is 6.80. The molecule has 0 aliphatic carbocycles. The molecule has 0 bridgehead atoms. The molecular weight excluding hydrogens is 444 g/mol. The lowest BCUT2D eigenvalue weighted by Gasteiger charge is -2.16. The van der Waals surface area contributed by atoms with Gasteiger partial charge in [-0.2, -0.15) is 0 Å². The van der Waals surface area contributed by atoms with E-state index >= 15 is 0 Å². The quantitative estimate of drug-likeness (QED) is 0.446. The van der Waals surface area contributed by atoms with Gasteiger partial charge in [0.25, 0.3) is 15.9 Å². The lowest BCUT2D eigenvalue weighted by Crippen LogP contribution is -2.26. The number of anilines is 1. The number of carbonyl (C=O) groups excluding carboxylic acids is 2. The number of rotatable bonds is 9. The monoisotopic (exact) mass is 468 g/mol. The van der Waals surface area contributed by atoms with E-state index < -0.39 is 28.5 Å². The molecule has 0 unspecified atom stereocenters. The van der Waals surface area contributed by atoms with Crippen molar-refractivity contribution in [3.05, 3.63) is 58.1 Å². The molecule has 0 atom stereocenters. The van der Waals surface area contributed by atoms with Crippen LogP contribution in [0.2, 0.25) is 5.02 Å². The summed E-state index contributed by atoms with van der Waals surface area (Å²) in [6, 6.07) is 9.44. The third-order valence-electron chi connectivity index (χ3n) is 4.64. The Bertz CT molecular complexity index is 1050. The standard InChI is InChI=1S/C21H25ClN2O6S/c1-5-14-8-7-9-15(6-2)20(14)23-19(25)13-30-21(26)16-10-11-17(22)18(12-16)31(27,28)24(3)29-4/h7-12H,5-6,13H2,1-4H3,(H,23,25). The van der Waals surface area contributed by atoms with Gasteiger partial charge in [-0.1, -0.05) is 48.1 Å². The minimum absolute atomic E-state index is 0.0662. The molecule has 0 saturated carbocycles. The van der Waals surface area contributed by atoms with E-state index in [2.05, 4.69) is 5.32 Å². The van der Waals surface area contributed by atoms with Crippen LogP contribution in [0.5, 0.6) is 0 Å². The van der Waals surface area contributed by atoms with E-state index in [1.54, 1.807) is 0 Å². The maximum atomic E-state index is 12.4. The number of aryl methyl sites for hydroxylation is 2. The molecule has 2 rings (SSSR count). The number of nitrogens with zero attached hydrogens (tertiary/aromatic N) is 1. The van der Waals surface area contributed by atoms with Crippen molar-refractivity contribution in [1.82, 2.24) is 4.47 Å². The first-order valence-electron chi connectivity index (χ1n) is 9.56. The second-order valence-electron chi connectivity index (χ2n) is 6.53. The minimum atomic E-state index is -4.07. The normalized spacial score (nSPS) is 11.4. The average molecular weight is 469 g/mol. The number of amides is 1. The first kappa shape index (κ1) is 24.8. The van der Waals surface area contributed by atoms with Crippen LogP contribution in [0.25, 0.3) is 0 Å². The van der Waals surface area contributed by atoms with Crippen LogP contribution >= 0.6 is 11.6 Å². The molecule has 0 saturated heterocycles. The molecular formula is C21H25ClN2O6S. The van der Waals surface area contributed by atoms with Crippen LogP contribution in [0, 0.1) is 0 Å². The predicted molar refractivity (Wildman–Crippen MR) is 118 cm³/mol. The topological polar surface area (TPSA) is 102 Å². The summed E-state index contributed by atoms with van der Waals surface area (Å²) in [6.07, 6.45) is 1.47. The summed E-state index contributed by atoms with van der Waals surface area (Å²) in [4.78, 5) is 29.2. The molecule has 2 aromatic carbocycles. The Morgan fingerprint density at radius 1 is 1.10 bits per heavy atom. The fraction of sp³-hybridized carbons (Fsp3) is 0.333. The molecule has 0 aliphatic rings. The van der Waals surface area contributed by atoms with Crippen molar-refractivity contribution in [1.29, 1.82) is 0 Å². The van der Waals surface area contributed by atoms with Crippen LogP contribution in [0.15, 0.2) is 41.3 Å². The van der Waals surface area contributed by atoms with Crippen molar-refractivity contribution in [3.8, 4) is 0 Å². The lowest BCUT2D eigenvalue weighted by atomic mass is 10.0. The van der Waals surface area contributed by atoms with Crippen molar-refractivity contribution in [2.24, 2.45) is 0 Å². The van der Waals surface area contributed by atoms with E-state index in [1.165, 1.54) is 26.3 Å². The van der Waals surface area contributed by atoms with E-state index in [1.807, 2.05) is 32.0 Å². The van der Waals surface area contributed by atoms with Crippen molar-refractivity contribution >= 4 is 39.2 Å². The number of hydrogen-bond acceptors (Lipinski definition) is 6. The largest absolute Gasteiger partial charge is 0.452 e. The van der Waals surface area contributed by atoms with Gasteiger partial charge in [-0.15, -0.1) is 0 Å². The summed E-state index contributed by atoms with van der Waals surface area (Å²) < 4.78 is 30.6. The molecule has 8 nitrogen and oxygen atoms in total. The highest BCUT2D eigenvalue weighted by Gasteiger charge is 2.25. The smallest absolute Gasteiger partial charge is 0.338 e. The number of para-hydroxylation sites is 1. The summed E-state index contributed by atoms with van der Waals surface area (Å²) in [5.41, 5.74) is 2.61. The summed E-state index contributed by atoms with van der Waals surface area (Å²) in [5, 5.41) is 2.72. The van der Waals surface area contributed by atoms with Crippen LogP contribution in [0.1, 0.15) is 35.3 Å². The highest BCUT2D eigenvalue weighted by atomic mass is 35.5. The lowest BCUT2D eigenvalue weighted by molar-refractivity contribution is -0.119. The molecule has 0 radical (unpaired) electrons. The summed E-state index contributed by atoms with van der Waals surface area (Å²) in [6.45, 7) is 3.44. The van der Waals surface area contributed by atoms with Gasteiger partial charge in [0, 0.05) is 12.7 Å². The second kappa shape index (κ2) is 10.7. The van der Waals surface area contributed by atoms with Gasteiger partial charge in [-0.25, -0.2) is 13.2 Å². The zero-order valence-corrected chi connectivity index (χ0v) is 19.3. The number of esters is 1. The molecule has 1 N–H and O–H groups in total. The van der Waals surface area contributed by atoms with E-state index in [4.69, 9.17) is 21.2 Å². The Hall–Kier alpha value is -2.46. The Kier molecular flexibility index (Phi) is 8.58. The van der Waals surface area contributed by atoms with Crippen molar-refractivity contribution in [3.63, 3.8) is 0 Å². The van der Waals surface area contributed by atoms with Gasteiger partial charge < -0.3 is 10.1 Å². The Morgan fingerprint density at radius 3 is 2.26 bits per heavy atom. The van der Waals surface area contributed by atoms with Crippen LogP contribution in [0.4, 0.5) is 5.69 Å². The fourth-order valence-corrected chi connectivity index (χ4v) is 4.33. The SMILES string of the molecule is CCc1cccc(CC)c1NC(=O)COC(=O)c1ccc(Cl)c(S(=O)(=O)N(C)OC)c1.